The average molecular weight is 459 g/mol. The predicted molar refractivity (Wildman–Crippen MR) is 120 cm³/mol. The first kappa shape index (κ1) is 21.4. The van der Waals surface area contributed by atoms with Crippen LogP contribution in [0.15, 0.2) is 54.6 Å². The van der Waals surface area contributed by atoms with Gasteiger partial charge in [-0.3, -0.25) is 10.1 Å². The van der Waals surface area contributed by atoms with Crippen molar-refractivity contribution in [3.63, 3.8) is 0 Å². The summed E-state index contributed by atoms with van der Waals surface area (Å²) in [5.74, 6) is 0.737. The molecule has 8 nitrogen and oxygen atoms in total. The normalized spacial score (nSPS) is 14.3. The number of fused-ring (bicyclic) bond motifs is 1. The largest absolute Gasteiger partial charge is 0.457 e. The second-order valence-electron chi connectivity index (χ2n) is 7.13. The molecule has 0 saturated heterocycles. The Balaban J connectivity index is 1.51. The van der Waals surface area contributed by atoms with Crippen LogP contribution < -0.4 is 10.1 Å². The third-order valence-electron chi connectivity index (χ3n) is 4.81. The number of amides is 1. The molecule has 2 heterocycles. The molecule has 0 atom stereocenters. The smallest absolute Gasteiger partial charge is 0.281 e. The molecule has 0 aliphatic carbocycles. The van der Waals surface area contributed by atoms with Crippen LogP contribution in [0.1, 0.15) is 20.9 Å². The van der Waals surface area contributed by atoms with E-state index in [-0.39, 0.29) is 12.5 Å². The first-order valence-corrected chi connectivity index (χ1v) is 11.9. The summed E-state index contributed by atoms with van der Waals surface area (Å²) in [5, 5.41) is 3.27. The van der Waals surface area contributed by atoms with E-state index < -0.39 is 10.2 Å². The fourth-order valence-corrected chi connectivity index (χ4v) is 5.35. The van der Waals surface area contributed by atoms with Crippen LogP contribution in [-0.4, -0.2) is 48.6 Å². The molecule has 4 rings (SSSR count). The molecule has 0 spiro atoms. The summed E-state index contributed by atoms with van der Waals surface area (Å²) in [5.41, 5.74) is 1.20. The van der Waals surface area contributed by atoms with Gasteiger partial charge in [-0.15, -0.1) is 11.3 Å². The minimum absolute atomic E-state index is 0.247. The molecule has 0 fully saturated rings. The van der Waals surface area contributed by atoms with Crippen LogP contribution in [0.4, 0.5) is 5.13 Å². The summed E-state index contributed by atoms with van der Waals surface area (Å²) in [4.78, 5) is 18.2. The Bertz CT molecular complexity index is 1190. The molecular weight excluding hydrogens is 436 g/mol. The molecule has 0 radical (unpaired) electrons. The topological polar surface area (TPSA) is 91.8 Å². The third-order valence-corrected chi connectivity index (χ3v) is 7.69. The zero-order chi connectivity index (χ0) is 22.0. The van der Waals surface area contributed by atoms with Gasteiger partial charge in [0, 0.05) is 31.9 Å². The molecule has 3 aromatic rings. The highest BCUT2D eigenvalue weighted by Crippen LogP contribution is 2.31. The molecule has 31 heavy (non-hydrogen) atoms. The Morgan fingerprint density at radius 3 is 2.58 bits per heavy atom. The molecule has 1 aliphatic rings. The highest BCUT2D eigenvalue weighted by Gasteiger charge is 2.30. The zero-order valence-corrected chi connectivity index (χ0v) is 18.7. The molecule has 1 amide bonds. The Labute approximate surface area is 185 Å². The fraction of sp³-hybridized carbons (Fsp3) is 0.238. The summed E-state index contributed by atoms with van der Waals surface area (Å²) >= 11 is 1.29. The molecule has 0 unspecified atom stereocenters. The summed E-state index contributed by atoms with van der Waals surface area (Å²) in [7, 11) is -0.469. The van der Waals surface area contributed by atoms with Gasteiger partial charge in [-0.2, -0.15) is 17.0 Å². The molecule has 1 aliphatic heterocycles. The van der Waals surface area contributed by atoms with Crippen molar-refractivity contribution in [1.82, 2.24) is 13.6 Å². The lowest BCUT2D eigenvalue weighted by Gasteiger charge is -2.27. The van der Waals surface area contributed by atoms with E-state index in [1.54, 1.807) is 24.3 Å². The van der Waals surface area contributed by atoms with Gasteiger partial charge in [-0.25, -0.2) is 4.98 Å². The first-order valence-electron chi connectivity index (χ1n) is 9.64. The summed E-state index contributed by atoms with van der Waals surface area (Å²) in [6.07, 6.45) is 0.502. The van der Waals surface area contributed by atoms with Crippen LogP contribution in [0, 0.1) is 0 Å². The Morgan fingerprint density at radius 1 is 1.13 bits per heavy atom. The van der Waals surface area contributed by atoms with Gasteiger partial charge >= 0.3 is 0 Å². The lowest BCUT2D eigenvalue weighted by atomic mass is 10.2. The maximum Gasteiger partial charge on any atom is 0.281 e. The van der Waals surface area contributed by atoms with E-state index in [4.69, 9.17) is 4.74 Å². The molecule has 0 bridgehead atoms. The van der Waals surface area contributed by atoms with Gasteiger partial charge < -0.3 is 4.74 Å². The van der Waals surface area contributed by atoms with Gasteiger partial charge in [-0.1, -0.05) is 30.3 Å². The quantitative estimate of drug-likeness (QED) is 0.612. The van der Waals surface area contributed by atoms with Crippen LogP contribution in [0.3, 0.4) is 0 Å². The Hall–Kier alpha value is -2.79. The lowest BCUT2D eigenvalue weighted by molar-refractivity contribution is 0.102. The summed E-state index contributed by atoms with van der Waals surface area (Å²) in [6.45, 7) is 0.607. The van der Waals surface area contributed by atoms with Crippen molar-refractivity contribution >= 4 is 32.6 Å². The second-order valence-corrected chi connectivity index (χ2v) is 10.4. The average Bonchev–Trinajstić information content (AvgIpc) is 3.16. The number of hydrogen-bond donors (Lipinski definition) is 1. The molecule has 1 N–H and O–H groups in total. The monoisotopic (exact) mass is 458 g/mol. The predicted octanol–water partition coefficient (Wildman–Crippen LogP) is 3.35. The van der Waals surface area contributed by atoms with Gasteiger partial charge in [0.15, 0.2) is 5.13 Å². The lowest BCUT2D eigenvalue weighted by Crippen LogP contribution is -2.42. The molecule has 10 heteroatoms. The van der Waals surface area contributed by atoms with E-state index in [2.05, 4.69) is 10.3 Å². The Morgan fingerprint density at radius 2 is 1.84 bits per heavy atom. The minimum Gasteiger partial charge on any atom is -0.457 e. The number of para-hydroxylation sites is 2. The standard InChI is InChI=1S/C21H22N4O4S2/c1-24(2)31(27,28)25-13-12-17-19(14-25)30-21(22-17)23-20(26)16-10-6-7-11-18(16)29-15-8-4-3-5-9-15/h3-11H,12-14H2,1-2H3,(H,22,23,26). The third kappa shape index (κ3) is 4.62. The number of nitrogens with one attached hydrogen (secondary N) is 1. The maximum atomic E-state index is 12.9. The van der Waals surface area contributed by atoms with Crippen molar-refractivity contribution in [2.24, 2.45) is 0 Å². The Kier molecular flexibility index (Phi) is 6.05. The van der Waals surface area contributed by atoms with Crippen LogP contribution in [0.5, 0.6) is 11.5 Å². The van der Waals surface area contributed by atoms with Gasteiger partial charge in [0.2, 0.25) is 0 Å². The van der Waals surface area contributed by atoms with Crippen molar-refractivity contribution in [2.75, 3.05) is 26.0 Å². The number of carbonyl (C=O) groups is 1. The van der Waals surface area contributed by atoms with E-state index >= 15 is 0 Å². The number of benzene rings is 2. The minimum atomic E-state index is -3.49. The summed E-state index contributed by atoms with van der Waals surface area (Å²) < 4.78 is 33.3. The number of aromatic nitrogens is 1. The van der Waals surface area contributed by atoms with E-state index in [0.717, 1.165) is 10.6 Å². The number of hydrogen-bond acceptors (Lipinski definition) is 6. The van der Waals surface area contributed by atoms with E-state index in [0.29, 0.717) is 35.2 Å². The maximum absolute atomic E-state index is 12.9. The zero-order valence-electron chi connectivity index (χ0n) is 17.1. The second kappa shape index (κ2) is 8.75. The van der Waals surface area contributed by atoms with Gasteiger partial charge in [-0.05, 0) is 24.3 Å². The molecular formula is C21H22N4O4S2. The fourth-order valence-electron chi connectivity index (χ4n) is 3.18. The summed E-state index contributed by atoms with van der Waals surface area (Å²) in [6, 6.07) is 16.2. The van der Waals surface area contributed by atoms with Crippen LogP contribution >= 0.6 is 11.3 Å². The highest BCUT2D eigenvalue weighted by molar-refractivity contribution is 7.86. The van der Waals surface area contributed by atoms with Crippen LogP contribution in [-0.2, 0) is 23.2 Å². The number of rotatable bonds is 6. The van der Waals surface area contributed by atoms with Gasteiger partial charge in [0.25, 0.3) is 16.1 Å². The van der Waals surface area contributed by atoms with E-state index in [1.165, 1.54) is 34.0 Å². The highest BCUT2D eigenvalue weighted by atomic mass is 32.2. The number of ether oxygens (including phenoxy) is 1. The van der Waals surface area contributed by atoms with Crippen molar-refractivity contribution in [3.8, 4) is 11.5 Å². The first-order chi connectivity index (χ1) is 14.8. The van der Waals surface area contributed by atoms with Crippen molar-refractivity contribution in [1.29, 1.82) is 0 Å². The molecule has 0 saturated carbocycles. The van der Waals surface area contributed by atoms with Crippen molar-refractivity contribution < 1.29 is 17.9 Å². The number of thiazole rings is 1. The van der Waals surface area contributed by atoms with Crippen LogP contribution in [0.2, 0.25) is 0 Å². The van der Waals surface area contributed by atoms with Crippen LogP contribution in [0.25, 0.3) is 0 Å². The number of carbonyl (C=O) groups excluding carboxylic acids is 1. The van der Waals surface area contributed by atoms with Crippen molar-refractivity contribution in [3.05, 3.63) is 70.7 Å². The van der Waals surface area contributed by atoms with E-state index in [1.807, 2.05) is 30.3 Å². The molecule has 162 valence electrons. The van der Waals surface area contributed by atoms with Gasteiger partial charge in [0.1, 0.15) is 11.5 Å². The van der Waals surface area contributed by atoms with Gasteiger partial charge in [0.05, 0.1) is 17.8 Å². The van der Waals surface area contributed by atoms with E-state index in [9.17, 15) is 13.2 Å². The molecule has 2 aromatic carbocycles. The SMILES string of the molecule is CN(C)S(=O)(=O)N1CCc2nc(NC(=O)c3ccccc3Oc3ccccc3)sc2C1. The number of nitrogens with zero attached hydrogens (tertiary/aromatic N) is 3. The molecule has 1 aromatic heterocycles. The van der Waals surface area contributed by atoms with Crippen molar-refractivity contribution in [2.45, 2.75) is 13.0 Å². The number of anilines is 1.